The van der Waals surface area contributed by atoms with E-state index in [0.717, 1.165) is 0 Å². The van der Waals surface area contributed by atoms with Crippen LogP contribution in [0.1, 0.15) is 6.92 Å². The molecule has 0 aliphatic carbocycles. The van der Waals surface area contributed by atoms with Gasteiger partial charge < -0.3 is 16.2 Å². The molecule has 1 aliphatic rings. The van der Waals surface area contributed by atoms with E-state index in [0.29, 0.717) is 0 Å². The molecule has 0 aromatic heterocycles. The van der Waals surface area contributed by atoms with Gasteiger partial charge in [0.15, 0.2) is 0 Å². The van der Waals surface area contributed by atoms with Crippen molar-refractivity contribution in [2.75, 3.05) is 0 Å². The Morgan fingerprint density at radius 3 is 2.82 bits per heavy atom. The van der Waals surface area contributed by atoms with Crippen molar-refractivity contribution in [3.63, 3.8) is 0 Å². The molecule has 60 valence electrons. The summed E-state index contributed by atoms with van der Waals surface area (Å²) in [5.74, 6) is -0.994. The van der Waals surface area contributed by atoms with E-state index in [1.54, 1.807) is 19.2 Å². The van der Waals surface area contributed by atoms with Crippen LogP contribution in [-0.4, -0.2) is 16.7 Å². The molecule has 4 nitrogen and oxygen atoms in total. The molecule has 0 spiro atoms. The monoisotopic (exact) mass is 154 g/mol. The van der Waals surface area contributed by atoms with E-state index in [4.69, 9.17) is 10.8 Å². The fourth-order valence-electron chi connectivity index (χ4n) is 0.910. The summed E-state index contributed by atoms with van der Waals surface area (Å²) in [6.07, 6.45) is 4.71. The number of carboxylic acid groups (broad SMARTS) is 1. The minimum Gasteiger partial charge on any atom is -0.478 e. The van der Waals surface area contributed by atoms with Gasteiger partial charge in [0.1, 0.15) is 5.66 Å². The van der Waals surface area contributed by atoms with E-state index in [9.17, 15) is 4.79 Å². The molecule has 0 bridgehead atoms. The first-order chi connectivity index (χ1) is 5.04. The first-order valence-corrected chi connectivity index (χ1v) is 3.21. The van der Waals surface area contributed by atoms with Crippen molar-refractivity contribution >= 4 is 5.97 Å². The average Bonchev–Trinajstić information content (AvgIpc) is 1.85. The van der Waals surface area contributed by atoms with Crippen LogP contribution in [-0.2, 0) is 4.79 Å². The molecule has 0 fully saturated rings. The lowest BCUT2D eigenvalue weighted by molar-refractivity contribution is -0.133. The van der Waals surface area contributed by atoms with Crippen LogP contribution >= 0.6 is 0 Å². The van der Waals surface area contributed by atoms with Gasteiger partial charge in [-0.05, 0) is 25.3 Å². The smallest absolute Gasteiger partial charge is 0.335 e. The number of dihydropyridines is 1. The van der Waals surface area contributed by atoms with Crippen LogP contribution in [0, 0.1) is 0 Å². The Labute approximate surface area is 64.4 Å². The van der Waals surface area contributed by atoms with Gasteiger partial charge in [-0.1, -0.05) is 0 Å². The molecule has 1 unspecified atom stereocenters. The second kappa shape index (κ2) is 2.39. The second-order valence-electron chi connectivity index (χ2n) is 2.59. The van der Waals surface area contributed by atoms with Gasteiger partial charge in [0.2, 0.25) is 0 Å². The van der Waals surface area contributed by atoms with Crippen molar-refractivity contribution in [3.8, 4) is 0 Å². The number of hydrogen-bond donors (Lipinski definition) is 3. The lowest BCUT2D eigenvalue weighted by Gasteiger charge is -2.27. The molecule has 0 saturated heterocycles. The van der Waals surface area contributed by atoms with Crippen LogP contribution < -0.4 is 11.1 Å². The Hall–Kier alpha value is -1.29. The molecule has 1 rings (SSSR count). The fourth-order valence-corrected chi connectivity index (χ4v) is 0.910. The van der Waals surface area contributed by atoms with Crippen LogP contribution in [0.3, 0.4) is 0 Å². The van der Waals surface area contributed by atoms with Crippen LogP contribution in [0.4, 0.5) is 0 Å². The number of nitrogens with one attached hydrogen (secondary N) is 1. The van der Waals surface area contributed by atoms with E-state index in [1.165, 1.54) is 6.08 Å². The summed E-state index contributed by atoms with van der Waals surface area (Å²) in [4.78, 5) is 10.5. The van der Waals surface area contributed by atoms with E-state index in [2.05, 4.69) is 5.32 Å². The number of allylic oxidation sites excluding steroid dienone is 2. The van der Waals surface area contributed by atoms with Gasteiger partial charge in [-0.3, -0.25) is 0 Å². The first-order valence-electron chi connectivity index (χ1n) is 3.21. The largest absolute Gasteiger partial charge is 0.478 e. The predicted octanol–water partition coefficient (Wildman–Crippen LogP) is -0.211. The van der Waals surface area contributed by atoms with E-state index < -0.39 is 11.6 Å². The summed E-state index contributed by atoms with van der Waals surface area (Å²) in [6.45, 7) is 1.61. The average molecular weight is 154 g/mol. The number of rotatable bonds is 1. The van der Waals surface area contributed by atoms with Crippen molar-refractivity contribution in [1.82, 2.24) is 5.32 Å². The van der Waals surface area contributed by atoms with E-state index in [-0.39, 0.29) is 5.57 Å². The zero-order valence-corrected chi connectivity index (χ0v) is 6.16. The quantitative estimate of drug-likeness (QED) is 0.488. The van der Waals surface area contributed by atoms with Crippen molar-refractivity contribution < 1.29 is 9.90 Å². The summed E-state index contributed by atoms with van der Waals surface area (Å²) in [5.41, 5.74) is 4.82. The zero-order chi connectivity index (χ0) is 8.48. The highest BCUT2D eigenvalue weighted by Gasteiger charge is 2.28. The Morgan fingerprint density at radius 1 is 1.82 bits per heavy atom. The van der Waals surface area contributed by atoms with Gasteiger partial charge in [0.25, 0.3) is 0 Å². The molecule has 0 amide bonds. The third-order valence-corrected chi connectivity index (χ3v) is 1.53. The molecule has 0 saturated carbocycles. The summed E-state index contributed by atoms with van der Waals surface area (Å²) in [7, 11) is 0. The van der Waals surface area contributed by atoms with Gasteiger partial charge in [-0.25, -0.2) is 4.79 Å². The normalized spacial score (nSPS) is 29.1. The van der Waals surface area contributed by atoms with Crippen LogP contribution in [0.15, 0.2) is 23.9 Å². The molecule has 0 radical (unpaired) electrons. The van der Waals surface area contributed by atoms with Gasteiger partial charge in [0.05, 0.1) is 5.57 Å². The topological polar surface area (TPSA) is 75.3 Å². The number of carboxylic acids is 1. The maximum absolute atomic E-state index is 10.5. The number of carbonyl (C=O) groups is 1. The third kappa shape index (κ3) is 1.40. The van der Waals surface area contributed by atoms with Gasteiger partial charge >= 0.3 is 5.97 Å². The molecule has 0 aromatic carbocycles. The molecule has 4 heteroatoms. The van der Waals surface area contributed by atoms with Gasteiger partial charge in [-0.2, -0.15) is 0 Å². The highest BCUT2D eigenvalue weighted by Crippen LogP contribution is 2.13. The van der Waals surface area contributed by atoms with E-state index in [1.807, 2.05) is 0 Å². The second-order valence-corrected chi connectivity index (χ2v) is 2.59. The molecule has 1 heterocycles. The minimum atomic E-state index is -0.994. The summed E-state index contributed by atoms with van der Waals surface area (Å²) >= 11 is 0. The Morgan fingerprint density at radius 2 is 2.45 bits per heavy atom. The van der Waals surface area contributed by atoms with Crippen molar-refractivity contribution in [3.05, 3.63) is 23.9 Å². The van der Waals surface area contributed by atoms with Crippen molar-refractivity contribution in [1.29, 1.82) is 0 Å². The van der Waals surface area contributed by atoms with Crippen molar-refractivity contribution in [2.24, 2.45) is 5.73 Å². The van der Waals surface area contributed by atoms with Gasteiger partial charge in [0, 0.05) is 0 Å². The molecule has 4 N–H and O–H groups in total. The molecular weight excluding hydrogens is 144 g/mol. The summed E-state index contributed by atoms with van der Waals surface area (Å²) in [6, 6.07) is 0. The molecular formula is C7H10N2O2. The van der Waals surface area contributed by atoms with Crippen LogP contribution in [0.2, 0.25) is 0 Å². The maximum atomic E-state index is 10.5. The van der Waals surface area contributed by atoms with Crippen LogP contribution in [0.5, 0.6) is 0 Å². The summed E-state index contributed by atoms with van der Waals surface area (Å²) < 4.78 is 0. The fraction of sp³-hybridized carbons (Fsp3) is 0.286. The lowest BCUT2D eigenvalue weighted by Crippen LogP contribution is -2.52. The zero-order valence-electron chi connectivity index (χ0n) is 6.16. The van der Waals surface area contributed by atoms with Crippen molar-refractivity contribution in [2.45, 2.75) is 12.6 Å². The predicted molar refractivity (Wildman–Crippen MR) is 40.6 cm³/mol. The highest BCUT2D eigenvalue weighted by atomic mass is 16.4. The molecule has 0 aromatic rings. The number of nitrogens with two attached hydrogens (primary N) is 1. The lowest BCUT2D eigenvalue weighted by atomic mass is 10.0. The minimum absolute atomic E-state index is 0.167. The molecule has 11 heavy (non-hydrogen) atoms. The maximum Gasteiger partial charge on any atom is 0.335 e. The van der Waals surface area contributed by atoms with E-state index >= 15 is 0 Å². The summed E-state index contributed by atoms with van der Waals surface area (Å²) in [5, 5.41) is 11.4. The standard InChI is InChI=1S/C7H10N2O2/c1-7(8)5(6(10)11)3-2-4-9-7/h2-4,9H,8H2,1H3,(H,10,11). The first kappa shape index (κ1) is 7.81. The third-order valence-electron chi connectivity index (χ3n) is 1.53. The highest BCUT2D eigenvalue weighted by molar-refractivity contribution is 5.89. The SMILES string of the molecule is CC1(N)NC=CC=C1C(=O)O. The van der Waals surface area contributed by atoms with Crippen LogP contribution in [0.25, 0.3) is 0 Å². The molecule has 1 aliphatic heterocycles. The Balaban J connectivity index is 2.97. The van der Waals surface area contributed by atoms with Gasteiger partial charge in [-0.15, -0.1) is 0 Å². The number of aliphatic carboxylic acids is 1. The Kier molecular flexibility index (Phi) is 1.70. The Bertz CT molecular complexity index is 241. The number of hydrogen-bond acceptors (Lipinski definition) is 3. The molecule has 1 atom stereocenters.